The van der Waals surface area contributed by atoms with Crippen LogP contribution in [0.2, 0.25) is 0 Å². The molecule has 2 unspecified atom stereocenters. The van der Waals surface area contributed by atoms with E-state index in [2.05, 4.69) is 38.0 Å². The van der Waals surface area contributed by atoms with Crippen LogP contribution in [0, 0.1) is 23.0 Å². The molecule has 1 aromatic rings. The monoisotopic (exact) mass is 279 g/mol. The molecular formula is C15H25N3O2. The van der Waals surface area contributed by atoms with E-state index in [9.17, 15) is 10.1 Å². The summed E-state index contributed by atoms with van der Waals surface area (Å²) in [6, 6.07) is 1.85. The second-order valence-electron chi connectivity index (χ2n) is 5.63. The molecule has 1 heterocycles. The zero-order valence-corrected chi connectivity index (χ0v) is 13.0. The van der Waals surface area contributed by atoms with Crippen LogP contribution in [-0.4, -0.2) is 22.5 Å². The highest BCUT2D eigenvalue weighted by Gasteiger charge is 2.31. The summed E-state index contributed by atoms with van der Waals surface area (Å²) in [6.07, 6.45) is 2.71. The summed E-state index contributed by atoms with van der Waals surface area (Å²) in [5.74, 6) is 0.309. The summed E-state index contributed by atoms with van der Waals surface area (Å²) >= 11 is 0. The number of nitrogens with zero attached hydrogens (tertiary/aromatic N) is 2. The third-order valence-electron chi connectivity index (χ3n) is 3.63. The predicted octanol–water partition coefficient (Wildman–Crippen LogP) is 3.43. The molecule has 0 aromatic carbocycles. The number of rotatable bonds is 7. The molecule has 0 bridgehead atoms. The van der Waals surface area contributed by atoms with Gasteiger partial charge in [-0.2, -0.15) is 0 Å². The first-order valence-electron chi connectivity index (χ1n) is 7.23. The molecule has 0 saturated carbocycles. The van der Waals surface area contributed by atoms with E-state index in [-0.39, 0.29) is 28.5 Å². The van der Waals surface area contributed by atoms with E-state index >= 15 is 0 Å². The first kappa shape index (κ1) is 16.6. The van der Waals surface area contributed by atoms with E-state index in [1.54, 1.807) is 19.2 Å². The van der Waals surface area contributed by atoms with Gasteiger partial charge in [0.2, 0.25) is 0 Å². The molecule has 0 spiro atoms. The van der Waals surface area contributed by atoms with Gasteiger partial charge in [-0.3, -0.25) is 15.1 Å². The molecule has 20 heavy (non-hydrogen) atoms. The van der Waals surface area contributed by atoms with Gasteiger partial charge in [-0.15, -0.1) is 0 Å². The van der Waals surface area contributed by atoms with Crippen LogP contribution in [0.15, 0.2) is 12.3 Å². The Bertz CT molecular complexity index is 460. The molecule has 2 atom stereocenters. The average Bonchev–Trinajstić information content (AvgIpc) is 2.35. The van der Waals surface area contributed by atoms with Crippen molar-refractivity contribution in [3.05, 3.63) is 33.6 Å². The van der Waals surface area contributed by atoms with Gasteiger partial charge in [0.1, 0.15) is 5.69 Å². The Balaban J connectivity index is 3.22. The lowest BCUT2D eigenvalue weighted by atomic mass is 9.84. The summed E-state index contributed by atoms with van der Waals surface area (Å²) in [6.45, 7) is 11.0. The SMILES string of the molecule is CCCNC(C)C(c1nccc(C)c1[N+](=O)[O-])C(C)C. The van der Waals surface area contributed by atoms with Crippen molar-refractivity contribution in [1.29, 1.82) is 0 Å². The van der Waals surface area contributed by atoms with Gasteiger partial charge in [0.25, 0.3) is 5.69 Å². The van der Waals surface area contributed by atoms with Gasteiger partial charge in [-0.25, -0.2) is 0 Å². The molecule has 0 aliphatic carbocycles. The molecular weight excluding hydrogens is 254 g/mol. The van der Waals surface area contributed by atoms with Crippen molar-refractivity contribution in [3.63, 3.8) is 0 Å². The third kappa shape index (κ3) is 3.76. The Morgan fingerprint density at radius 3 is 2.55 bits per heavy atom. The Labute approximate surface area is 121 Å². The van der Waals surface area contributed by atoms with Gasteiger partial charge >= 0.3 is 0 Å². The van der Waals surface area contributed by atoms with Crippen LogP contribution in [0.5, 0.6) is 0 Å². The Hall–Kier alpha value is -1.49. The van der Waals surface area contributed by atoms with Gasteiger partial charge in [0, 0.05) is 23.7 Å². The van der Waals surface area contributed by atoms with Crippen LogP contribution >= 0.6 is 0 Å². The molecule has 1 N–H and O–H groups in total. The first-order valence-corrected chi connectivity index (χ1v) is 7.23. The standard InChI is InChI=1S/C15H25N3O2/c1-6-8-16-12(5)13(10(2)3)14-15(18(19)20)11(4)7-9-17-14/h7,9-10,12-13,16H,6,8H2,1-5H3. The quantitative estimate of drug-likeness (QED) is 0.613. The minimum absolute atomic E-state index is 0.0295. The highest BCUT2D eigenvalue weighted by Crippen LogP contribution is 2.34. The summed E-state index contributed by atoms with van der Waals surface area (Å²) in [4.78, 5) is 15.4. The minimum Gasteiger partial charge on any atom is -0.314 e. The van der Waals surface area contributed by atoms with Crippen LogP contribution in [-0.2, 0) is 0 Å². The van der Waals surface area contributed by atoms with Crippen molar-refractivity contribution >= 4 is 5.69 Å². The van der Waals surface area contributed by atoms with Crippen molar-refractivity contribution in [2.75, 3.05) is 6.54 Å². The summed E-state index contributed by atoms with van der Waals surface area (Å²) in [5.41, 5.74) is 1.44. The number of nitrogens with one attached hydrogen (secondary N) is 1. The highest BCUT2D eigenvalue weighted by atomic mass is 16.6. The minimum atomic E-state index is -0.306. The normalized spacial score (nSPS) is 14.3. The zero-order valence-electron chi connectivity index (χ0n) is 13.0. The molecule has 5 heteroatoms. The molecule has 0 saturated heterocycles. The Morgan fingerprint density at radius 1 is 1.40 bits per heavy atom. The highest BCUT2D eigenvalue weighted by molar-refractivity contribution is 5.45. The average molecular weight is 279 g/mol. The maximum Gasteiger partial charge on any atom is 0.293 e. The van der Waals surface area contributed by atoms with Crippen molar-refractivity contribution in [1.82, 2.24) is 10.3 Å². The van der Waals surface area contributed by atoms with Gasteiger partial charge in [0.05, 0.1) is 4.92 Å². The molecule has 0 amide bonds. The molecule has 5 nitrogen and oxygen atoms in total. The van der Waals surface area contributed by atoms with Gasteiger partial charge < -0.3 is 5.32 Å². The third-order valence-corrected chi connectivity index (χ3v) is 3.63. The van der Waals surface area contributed by atoms with Crippen molar-refractivity contribution in [2.24, 2.45) is 5.92 Å². The summed E-state index contributed by atoms with van der Waals surface area (Å²) < 4.78 is 0. The van der Waals surface area contributed by atoms with Crippen LogP contribution < -0.4 is 5.32 Å². The molecule has 0 aliphatic heterocycles. The lowest BCUT2D eigenvalue weighted by molar-refractivity contribution is -0.386. The lowest BCUT2D eigenvalue weighted by Crippen LogP contribution is -2.36. The molecule has 1 aromatic heterocycles. The van der Waals surface area contributed by atoms with Crippen LogP contribution in [0.1, 0.15) is 51.3 Å². The number of hydrogen-bond donors (Lipinski definition) is 1. The van der Waals surface area contributed by atoms with E-state index in [4.69, 9.17) is 0 Å². The number of hydrogen-bond acceptors (Lipinski definition) is 4. The van der Waals surface area contributed by atoms with Crippen LogP contribution in [0.3, 0.4) is 0 Å². The summed E-state index contributed by atoms with van der Waals surface area (Å²) in [7, 11) is 0. The number of aromatic nitrogens is 1. The number of pyridine rings is 1. The maximum atomic E-state index is 11.4. The fourth-order valence-electron chi connectivity index (χ4n) is 2.68. The van der Waals surface area contributed by atoms with Crippen molar-refractivity contribution in [3.8, 4) is 0 Å². The Morgan fingerprint density at radius 2 is 2.05 bits per heavy atom. The van der Waals surface area contributed by atoms with Crippen LogP contribution in [0.25, 0.3) is 0 Å². The van der Waals surface area contributed by atoms with Crippen LogP contribution in [0.4, 0.5) is 5.69 Å². The fourth-order valence-corrected chi connectivity index (χ4v) is 2.68. The second-order valence-corrected chi connectivity index (χ2v) is 5.63. The van der Waals surface area contributed by atoms with Gasteiger partial charge in [0.15, 0.2) is 0 Å². The van der Waals surface area contributed by atoms with Crippen molar-refractivity contribution in [2.45, 2.75) is 53.0 Å². The maximum absolute atomic E-state index is 11.4. The second kappa shape index (κ2) is 7.33. The predicted molar refractivity (Wildman–Crippen MR) is 81.0 cm³/mol. The molecule has 0 radical (unpaired) electrons. The largest absolute Gasteiger partial charge is 0.314 e. The van der Waals surface area contributed by atoms with E-state index < -0.39 is 0 Å². The van der Waals surface area contributed by atoms with E-state index in [1.165, 1.54) is 0 Å². The van der Waals surface area contributed by atoms with Gasteiger partial charge in [-0.05, 0) is 38.8 Å². The molecule has 112 valence electrons. The van der Waals surface area contributed by atoms with E-state index in [1.807, 2.05) is 0 Å². The Kier molecular flexibility index (Phi) is 6.07. The lowest BCUT2D eigenvalue weighted by Gasteiger charge is -2.27. The number of nitro groups is 1. The van der Waals surface area contributed by atoms with Gasteiger partial charge in [-0.1, -0.05) is 20.8 Å². The van der Waals surface area contributed by atoms with Crippen molar-refractivity contribution < 1.29 is 4.92 Å². The molecule has 0 aliphatic rings. The fraction of sp³-hybridized carbons (Fsp3) is 0.667. The first-order chi connectivity index (χ1) is 9.40. The molecule has 1 rings (SSSR count). The van der Waals surface area contributed by atoms with E-state index in [0.717, 1.165) is 13.0 Å². The van der Waals surface area contributed by atoms with E-state index in [0.29, 0.717) is 11.3 Å². The molecule has 0 fully saturated rings. The smallest absolute Gasteiger partial charge is 0.293 e. The summed E-state index contributed by atoms with van der Waals surface area (Å²) in [5, 5.41) is 14.8. The topological polar surface area (TPSA) is 68.1 Å². The number of aryl methyl sites for hydroxylation is 1. The zero-order chi connectivity index (χ0) is 15.3.